The van der Waals surface area contributed by atoms with Crippen molar-refractivity contribution in [2.24, 2.45) is 0 Å². The van der Waals surface area contributed by atoms with E-state index in [9.17, 15) is 4.79 Å². The molecule has 0 aliphatic heterocycles. The standard InChI is InChI=1S/C22H19BrN2OS2/c1-13(2)15-6-8-16(9-7-15)18-12-27-21-19(18)20(26)24-22(25-21)28-11-14-4-3-5-17(23)10-14/h3-10,12-13H,11H2,1-2H3,(H,24,25,26). The Hall–Kier alpha value is -1.89. The number of aromatic nitrogens is 2. The Morgan fingerprint density at radius 3 is 2.68 bits per heavy atom. The number of halogens is 1. The predicted molar refractivity (Wildman–Crippen MR) is 123 cm³/mol. The van der Waals surface area contributed by atoms with Crippen LogP contribution in [0.2, 0.25) is 0 Å². The Kier molecular flexibility index (Phi) is 5.71. The molecule has 2 aromatic carbocycles. The van der Waals surface area contributed by atoms with Gasteiger partial charge in [-0.05, 0) is 34.7 Å². The van der Waals surface area contributed by atoms with Gasteiger partial charge in [-0.3, -0.25) is 4.79 Å². The Balaban J connectivity index is 1.63. The van der Waals surface area contributed by atoms with Gasteiger partial charge in [0.2, 0.25) is 0 Å². The quantitative estimate of drug-likeness (QED) is 0.256. The molecule has 0 unspecified atom stereocenters. The van der Waals surface area contributed by atoms with E-state index in [-0.39, 0.29) is 5.56 Å². The summed E-state index contributed by atoms with van der Waals surface area (Å²) in [5.41, 5.74) is 4.40. The molecular weight excluding hydrogens is 452 g/mol. The molecule has 0 aliphatic carbocycles. The molecule has 1 N–H and O–H groups in total. The normalized spacial score (nSPS) is 11.4. The highest BCUT2D eigenvalue weighted by Gasteiger charge is 2.13. The van der Waals surface area contributed by atoms with Crippen LogP contribution in [0, 0.1) is 0 Å². The van der Waals surface area contributed by atoms with Crippen molar-refractivity contribution in [3.63, 3.8) is 0 Å². The van der Waals surface area contributed by atoms with Gasteiger partial charge in [0, 0.05) is 21.2 Å². The zero-order chi connectivity index (χ0) is 19.7. The third-order valence-electron chi connectivity index (χ3n) is 4.58. The second-order valence-electron chi connectivity index (χ2n) is 6.90. The molecule has 0 saturated heterocycles. The van der Waals surface area contributed by atoms with E-state index in [0.29, 0.717) is 16.5 Å². The Labute approximate surface area is 180 Å². The number of aromatic amines is 1. The molecule has 0 radical (unpaired) electrons. The molecule has 6 heteroatoms. The summed E-state index contributed by atoms with van der Waals surface area (Å²) in [7, 11) is 0. The van der Waals surface area contributed by atoms with E-state index in [1.165, 1.54) is 22.5 Å². The van der Waals surface area contributed by atoms with Gasteiger partial charge in [-0.2, -0.15) is 0 Å². The predicted octanol–water partition coefficient (Wildman–Crippen LogP) is 6.83. The van der Waals surface area contributed by atoms with Crippen molar-refractivity contribution in [1.82, 2.24) is 9.97 Å². The van der Waals surface area contributed by atoms with Crippen LogP contribution < -0.4 is 5.56 Å². The zero-order valence-electron chi connectivity index (χ0n) is 15.5. The van der Waals surface area contributed by atoms with Gasteiger partial charge < -0.3 is 4.98 Å². The van der Waals surface area contributed by atoms with Gasteiger partial charge in [-0.15, -0.1) is 11.3 Å². The van der Waals surface area contributed by atoms with E-state index in [1.807, 2.05) is 17.5 Å². The number of thioether (sulfide) groups is 1. The summed E-state index contributed by atoms with van der Waals surface area (Å²) in [6.45, 7) is 4.36. The zero-order valence-corrected chi connectivity index (χ0v) is 18.7. The number of rotatable bonds is 5. The molecule has 142 valence electrons. The van der Waals surface area contributed by atoms with Gasteiger partial charge in [0.25, 0.3) is 5.56 Å². The van der Waals surface area contributed by atoms with Crippen molar-refractivity contribution >= 4 is 49.2 Å². The van der Waals surface area contributed by atoms with Crippen LogP contribution in [0.15, 0.2) is 68.3 Å². The maximum absolute atomic E-state index is 12.8. The van der Waals surface area contributed by atoms with E-state index < -0.39 is 0 Å². The SMILES string of the molecule is CC(C)c1ccc(-c2csc3nc(SCc4cccc(Br)c4)[nH]c(=O)c23)cc1. The number of benzene rings is 2. The van der Waals surface area contributed by atoms with Crippen molar-refractivity contribution in [2.75, 3.05) is 0 Å². The lowest BCUT2D eigenvalue weighted by Gasteiger charge is -2.06. The van der Waals surface area contributed by atoms with Crippen molar-refractivity contribution in [2.45, 2.75) is 30.7 Å². The molecule has 0 atom stereocenters. The highest BCUT2D eigenvalue weighted by molar-refractivity contribution is 9.10. The molecule has 0 saturated carbocycles. The molecule has 28 heavy (non-hydrogen) atoms. The van der Waals surface area contributed by atoms with E-state index in [2.05, 4.69) is 76.1 Å². The highest BCUT2D eigenvalue weighted by Crippen LogP contribution is 2.32. The second-order valence-corrected chi connectivity index (χ2v) is 9.63. The first-order valence-electron chi connectivity index (χ1n) is 9.00. The number of thiophene rings is 1. The van der Waals surface area contributed by atoms with Gasteiger partial charge in [0.15, 0.2) is 5.16 Å². The van der Waals surface area contributed by atoms with E-state index >= 15 is 0 Å². The molecule has 2 aromatic heterocycles. The van der Waals surface area contributed by atoms with Crippen molar-refractivity contribution < 1.29 is 0 Å². The number of nitrogens with zero attached hydrogens (tertiary/aromatic N) is 1. The van der Waals surface area contributed by atoms with E-state index in [4.69, 9.17) is 0 Å². The average molecular weight is 471 g/mol. The molecule has 0 fully saturated rings. The molecular formula is C22H19BrN2OS2. The summed E-state index contributed by atoms with van der Waals surface area (Å²) in [6.07, 6.45) is 0. The average Bonchev–Trinajstić information content (AvgIpc) is 3.11. The van der Waals surface area contributed by atoms with E-state index in [1.54, 1.807) is 11.8 Å². The summed E-state index contributed by atoms with van der Waals surface area (Å²) in [5.74, 6) is 1.24. The molecule has 0 amide bonds. The van der Waals surface area contributed by atoms with Gasteiger partial charge >= 0.3 is 0 Å². The molecule has 4 aromatic rings. The maximum Gasteiger partial charge on any atom is 0.260 e. The first-order chi connectivity index (χ1) is 13.5. The van der Waals surface area contributed by atoms with Crippen LogP contribution in [0.4, 0.5) is 0 Å². The number of H-pyrrole nitrogens is 1. The molecule has 0 aliphatic rings. The van der Waals surface area contributed by atoms with Crippen LogP contribution in [0.25, 0.3) is 21.3 Å². The third-order valence-corrected chi connectivity index (χ3v) is 6.89. The van der Waals surface area contributed by atoms with Crippen molar-refractivity contribution in [3.8, 4) is 11.1 Å². The number of hydrogen-bond acceptors (Lipinski definition) is 4. The summed E-state index contributed by atoms with van der Waals surface area (Å²) >= 11 is 6.55. The number of hydrogen-bond donors (Lipinski definition) is 1. The fraction of sp³-hybridized carbons (Fsp3) is 0.182. The monoisotopic (exact) mass is 470 g/mol. The smallest absolute Gasteiger partial charge is 0.260 e. The minimum absolute atomic E-state index is 0.0778. The topological polar surface area (TPSA) is 45.8 Å². The maximum atomic E-state index is 12.8. The van der Waals surface area contributed by atoms with Crippen LogP contribution in [0.5, 0.6) is 0 Å². The van der Waals surface area contributed by atoms with Crippen LogP contribution in [0.1, 0.15) is 30.9 Å². The van der Waals surface area contributed by atoms with Crippen LogP contribution in [-0.4, -0.2) is 9.97 Å². The lowest BCUT2D eigenvalue weighted by Crippen LogP contribution is -2.08. The minimum Gasteiger partial charge on any atom is -0.301 e. The third kappa shape index (κ3) is 4.09. The molecule has 3 nitrogen and oxygen atoms in total. The lowest BCUT2D eigenvalue weighted by atomic mass is 9.99. The molecule has 2 heterocycles. The first-order valence-corrected chi connectivity index (χ1v) is 11.7. The van der Waals surface area contributed by atoms with Crippen LogP contribution >= 0.6 is 39.0 Å². The van der Waals surface area contributed by atoms with Gasteiger partial charge in [0.1, 0.15) is 4.83 Å². The van der Waals surface area contributed by atoms with Gasteiger partial charge in [-0.25, -0.2) is 4.98 Å². The Morgan fingerprint density at radius 1 is 1.18 bits per heavy atom. The second kappa shape index (κ2) is 8.23. The Morgan fingerprint density at radius 2 is 1.96 bits per heavy atom. The van der Waals surface area contributed by atoms with Crippen LogP contribution in [0.3, 0.4) is 0 Å². The van der Waals surface area contributed by atoms with Gasteiger partial charge in [-0.1, -0.05) is 77.9 Å². The van der Waals surface area contributed by atoms with E-state index in [0.717, 1.165) is 26.2 Å². The lowest BCUT2D eigenvalue weighted by molar-refractivity contribution is 0.867. The first kappa shape index (κ1) is 19.4. The summed E-state index contributed by atoms with van der Waals surface area (Å²) in [5, 5.41) is 3.36. The van der Waals surface area contributed by atoms with Crippen molar-refractivity contribution in [3.05, 3.63) is 79.9 Å². The molecule has 4 rings (SSSR count). The molecule has 0 spiro atoms. The molecule has 0 bridgehead atoms. The Bertz CT molecular complexity index is 1180. The fourth-order valence-electron chi connectivity index (χ4n) is 3.04. The van der Waals surface area contributed by atoms with Crippen LogP contribution in [-0.2, 0) is 5.75 Å². The summed E-state index contributed by atoms with van der Waals surface area (Å²) < 4.78 is 1.05. The van der Waals surface area contributed by atoms with Crippen molar-refractivity contribution in [1.29, 1.82) is 0 Å². The minimum atomic E-state index is -0.0778. The number of fused-ring (bicyclic) bond motifs is 1. The summed E-state index contributed by atoms with van der Waals surface area (Å²) in [6, 6.07) is 16.6. The number of nitrogens with one attached hydrogen (secondary N) is 1. The largest absolute Gasteiger partial charge is 0.301 e. The fourth-order valence-corrected chi connectivity index (χ4v) is 5.29. The highest BCUT2D eigenvalue weighted by atomic mass is 79.9. The summed E-state index contributed by atoms with van der Waals surface area (Å²) in [4.78, 5) is 21.2. The van der Waals surface area contributed by atoms with Gasteiger partial charge in [0.05, 0.1) is 5.39 Å².